The van der Waals surface area contributed by atoms with Crippen molar-refractivity contribution in [2.24, 2.45) is 0 Å². The minimum absolute atomic E-state index is 0.00222. The first kappa shape index (κ1) is 16.5. The van der Waals surface area contributed by atoms with Gasteiger partial charge in [0.15, 0.2) is 9.84 Å². The number of amides is 1. The fraction of sp³-hybridized carbons (Fsp3) is 0.588. The molecule has 1 saturated carbocycles. The summed E-state index contributed by atoms with van der Waals surface area (Å²) in [7, 11) is -2.95. The van der Waals surface area contributed by atoms with Gasteiger partial charge in [0.1, 0.15) is 6.04 Å². The molecule has 2 aliphatic rings. The molecular weight excluding hydrogens is 312 g/mol. The second-order valence-corrected chi connectivity index (χ2v) is 8.79. The molecule has 2 fully saturated rings. The first-order valence-electron chi connectivity index (χ1n) is 8.35. The van der Waals surface area contributed by atoms with Crippen LogP contribution in [0.1, 0.15) is 37.3 Å². The SMILES string of the molecule is O=C(NC1CCCC1)[C@H](c1ccccc1)N1CCS(=O)(=O)CC1. The summed E-state index contributed by atoms with van der Waals surface area (Å²) < 4.78 is 23.4. The van der Waals surface area contributed by atoms with Crippen molar-refractivity contribution < 1.29 is 13.2 Å². The summed E-state index contributed by atoms with van der Waals surface area (Å²) in [6, 6.07) is 9.53. The van der Waals surface area contributed by atoms with Gasteiger partial charge < -0.3 is 5.32 Å². The normalized spacial score (nSPS) is 23.5. The van der Waals surface area contributed by atoms with Gasteiger partial charge in [-0.3, -0.25) is 9.69 Å². The summed E-state index contributed by atoms with van der Waals surface area (Å²) in [6.07, 6.45) is 4.43. The minimum Gasteiger partial charge on any atom is -0.352 e. The number of nitrogens with zero attached hydrogens (tertiary/aromatic N) is 1. The van der Waals surface area contributed by atoms with Crippen molar-refractivity contribution in [2.45, 2.75) is 37.8 Å². The van der Waals surface area contributed by atoms with E-state index in [1.807, 2.05) is 35.2 Å². The molecule has 1 aromatic rings. The average Bonchev–Trinajstić information content (AvgIpc) is 3.03. The van der Waals surface area contributed by atoms with Crippen molar-refractivity contribution in [3.05, 3.63) is 35.9 Å². The Morgan fingerprint density at radius 2 is 1.70 bits per heavy atom. The van der Waals surface area contributed by atoms with E-state index in [-0.39, 0.29) is 23.5 Å². The smallest absolute Gasteiger partial charge is 0.242 e. The van der Waals surface area contributed by atoms with E-state index in [1.165, 1.54) is 12.8 Å². The van der Waals surface area contributed by atoms with Crippen LogP contribution in [0.5, 0.6) is 0 Å². The van der Waals surface area contributed by atoms with E-state index in [2.05, 4.69) is 5.32 Å². The number of benzene rings is 1. The summed E-state index contributed by atoms with van der Waals surface area (Å²) in [5, 5.41) is 3.17. The van der Waals surface area contributed by atoms with Gasteiger partial charge in [-0.25, -0.2) is 8.42 Å². The first-order valence-corrected chi connectivity index (χ1v) is 10.2. The third kappa shape index (κ3) is 4.12. The van der Waals surface area contributed by atoms with E-state index in [4.69, 9.17) is 0 Å². The fourth-order valence-electron chi connectivity index (χ4n) is 3.50. The molecule has 5 nitrogen and oxygen atoms in total. The molecule has 0 unspecified atom stereocenters. The van der Waals surface area contributed by atoms with Gasteiger partial charge in [0.25, 0.3) is 0 Å². The molecule has 1 heterocycles. The number of hydrogen-bond donors (Lipinski definition) is 1. The Morgan fingerprint density at radius 1 is 1.09 bits per heavy atom. The third-order valence-corrected chi connectivity index (χ3v) is 6.42. The molecule has 6 heteroatoms. The molecule has 3 rings (SSSR count). The van der Waals surface area contributed by atoms with Gasteiger partial charge in [-0.15, -0.1) is 0 Å². The van der Waals surface area contributed by atoms with Gasteiger partial charge >= 0.3 is 0 Å². The predicted octanol–water partition coefficient (Wildman–Crippen LogP) is 1.52. The molecule has 0 radical (unpaired) electrons. The number of carbonyl (C=O) groups is 1. The second-order valence-electron chi connectivity index (χ2n) is 6.49. The average molecular weight is 336 g/mol. The largest absolute Gasteiger partial charge is 0.352 e. The van der Waals surface area contributed by atoms with Crippen LogP contribution in [0.25, 0.3) is 0 Å². The quantitative estimate of drug-likeness (QED) is 0.905. The van der Waals surface area contributed by atoms with Crippen molar-refractivity contribution in [1.82, 2.24) is 10.2 Å². The monoisotopic (exact) mass is 336 g/mol. The molecule has 23 heavy (non-hydrogen) atoms. The van der Waals surface area contributed by atoms with E-state index >= 15 is 0 Å². The van der Waals surface area contributed by atoms with Crippen LogP contribution in [-0.4, -0.2) is 49.9 Å². The van der Waals surface area contributed by atoms with E-state index in [1.54, 1.807) is 0 Å². The highest BCUT2D eigenvalue weighted by atomic mass is 32.2. The lowest BCUT2D eigenvalue weighted by Crippen LogP contribution is -2.49. The Labute approximate surface area is 138 Å². The zero-order valence-electron chi connectivity index (χ0n) is 13.3. The summed E-state index contributed by atoms with van der Waals surface area (Å²) in [6.45, 7) is 0.833. The van der Waals surface area contributed by atoms with E-state index in [9.17, 15) is 13.2 Å². The van der Waals surface area contributed by atoms with Gasteiger partial charge in [0, 0.05) is 19.1 Å². The molecule has 0 bridgehead atoms. The molecule has 1 aromatic carbocycles. The molecule has 0 aromatic heterocycles. The Morgan fingerprint density at radius 3 is 2.30 bits per heavy atom. The van der Waals surface area contributed by atoms with E-state index in [0.717, 1.165) is 18.4 Å². The summed E-state index contributed by atoms with van der Waals surface area (Å²) >= 11 is 0. The van der Waals surface area contributed by atoms with Crippen LogP contribution in [0.4, 0.5) is 0 Å². The lowest BCUT2D eigenvalue weighted by atomic mass is 10.0. The topological polar surface area (TPSA) is 66.5 Å². The van der Waals surface area contributed by atoms with Crippen LogP contribution in [0, 0.1) is 0 Å². The van der Waals surface area contributed by atoms with Crippen LogP contribution in [0.3, 0.4) is 0 Å². The first-order chi connectivity index (χ1) is 11.1. The molecule has 126 valence electrons. The molecule has 1 aliphatic carbocycles. The lowest BCUT2D eigenvalue weighted by molar-refractivity contribution is -0.127. The second kappa shape index (κ2) is 7.01. The molecular formula is C17H24N2O3S. The van der Waals surface area contributed by atoms with E-state index in [0.29, 0.717) is 13.1 Å². The summed E-state index contributed by atoms with van der Waals surface area (Å²) in [5.41, 5.74) is 0.933. The summed E-state index contributed by atoms with van der Waals surface area (Å²) in [5.74, 6) is 0.266. The number of carbonyl (C=O) groups excluding carboxylic acids is 1. The van der Waals surface area contributed by atoms with Crippen molar-refractivity contribution in [3.63, 3.8) is 0 Å². The number of hydrogen-bond acceptors (Lipinski definition) is 4. The van der Waals surface area contributed by atoms with Crippen molar-refractivity contribution >= 4 is 15.7 Å². The van der Waals surface area contributed by atoms with Crippen LogP contribution in [0.2, 0.25) is 0 Å². The van der Waals surface area contributed by atoms with Crippen molar-refractivity contribution in [2.75, 3.05) is 24.6 Å². The van der Waals surface area contributed by atoms with Gasteiger partial charge in [-0.1, -0.05) is 43.2 Å². The molecule has 1 N–H and O–H groups in total. The van der Waals surface area contributed by atoms with Gasteiger partial charge in [0.05, 0.1) is 11.5 Å². The highest BCUT2D eigenvalue weighted by Crippen LogP contribution is 2.25. The van der Waals surface area contributed by atoms with Crippen LogP contribution < -0.4 is 5.32 Å². The maximum atomic E-state index is 12.9. The van der Waals surface area contributed by atoms with Gasteiger partial charge in [-0.2, -0.15) is 0 Å². The standard InChI is InChI=1S/C17H24N2O3S/c20-17(18-15-8-4-5-9-15)16(14-6-2-1-3-7-14)19-10-12-23(21,22)13-11-19/h1-3,6-7,15-16H,4-5,8-13H2,(H,18,20)/t16-/m0/s1. The highest BCUT2D eigenvalue weighted by molar-refractivity contribution is 7.91. The van der Waals surface area contributed by atoms with Crippen LogP contribution in [-0.2, 0) is 14.6 Å². The van der Waals surface area contributed by atoms with Crippen LogP contribution in [0.15, 0.2) is 30.3 Å². The predicted molar refractivity (Wildman–Crippen MR) is 89.8 cm³/mol. The Balaban J connectivity index is 1.78. The lowest BCUT2D eigenvalue weighted by Gasteiger charge is -2.34. The maximum absolute atomic E-state index is 12.9. The van der Waals surface area contributed by atoms with Gasteiger partial charge in [-0.05, 0) is 18.4 Å². The molecule has 1 amide bonds. The minimum atomic E-state index is -2.95. The molecule has 1 saturated heterocycles. The van der Waals surface area contributed by atoms with E-state index < -0.39 is 15.9 Å². The Kier molecular flexibility index (Phi) is 5.02. The number of nitrogens with one attached hydrogen (secondary N) is 1. The Hall–Kier alpha value is -1.40. The summed E-state index contributed by atoms with van der Waals surface area (Å²) in [4.78, 5) is 14.9. The third-order valence-electron chi connectivity index (χ3n) is 4.81. The Bertz CT molecular complexity index is 625. The zero-order chi connectivity index (χ0) is 16.3. The van der Waals surface area contributed by atoms with Gasteiger partial charge in [0.2, 0.25) is 5.91 Å². The zero-order valence-corrected chi connectivity index (χ0v) is 14.1. The van der Waals surface area contributed by atoms with Crippen LogP contribution >= 0.6 is 0 Å². The number of rotatable bonds is 4. The maximum Gasteiger partial charge on any atom is 0.242 e. The number of sulfone groups is 1. The molecule has 0 spiro atoms. The van der Waals surface area contributed by atoms with Crippen molar-refractivity contribution in [3.8, 4) is 0 Å². The molecule has 1 atom stereocenters. The fourth-order valence-corrected chi connectivity index (χ4v) is 4.73. The highest BCUT2D eigenvalue weighted by Gasteiger charge is 2.33. The molecule has 1 aliphatic heterocycles. The van der Waals surface area contributed by atoms with Crippen molar-refractivity contribution in [1.29, 1.82) is 0 Å².